The molecule has 2 aromatic heterocycles. The molecule has 0 saturated carbocycles. The van der Waals surface area contributed by atoms with Crippen molar-refractivity contribution in [3.8, 4) is 17.3 Å². The second-order valence-corrected chi connectivity index (χ2v) is 8.02. The molecule has 0 bridgehead atoms. The van der Waals surface area contributed by atoms with Crippen molar-refractivity contribution < 1.29 is 9.21 Å². The van der Waals surface area contributed by atoms with E-state index in [1.54, 1.807) is 6.26 Å². The maximum Gasteiger partial charge on any atom is 0.233 e. The van der Waals surface area contributed by atoms with E-state index in [-0.39, 0.29) is 5.91 Å². The number of thioether (sulfide) groups is 1. The first-order valence-electron chi connectivity index (χ1n) is 9.81. The molecule has 0 unspecified atom stereocenters. The number of furan rings is 1. The van der Waals surface area contributed by atoms with Crippen LogP contribution >= 0.6 is 11.8 Å². The van der Waals surface area contributed by atoms with Gasteiger partial charge < -0.3 is 9.32 Å². The minimum Gasteiger partial charge on any atom is -0.461 e. The van der Waals surface area contributed by atoms with Gasteiger partial charge in [-0.05, 0) is 41.8 Å². The topological polar surface area (TPSA) is 64.2 Å². The lowest BCUT2D eigenvalue weighted by Gasteiger charge is -2.28. The number of carbonyl (C=O) groups excluding carboxylic acids is 1. The Labute approximate surface area is 178 Å². The molecule has 7 heteroatoms. The molecule has 3 heterocycles. The van der Waals surface area contributed by atoms with Crippen LogP contribution in [0, 0.1) is 0 Å². The normalized spacial score (nSPS) is 13.3. The van der Waals surface area contributed by atoms with E-state index in [0.29, 0.717) is 29.0 Å². The molecule has 5 rings (SSSR count). The molecule has 0 N–H and O–H groups in total. The van der Waals surface area contributed by atoms with E-state index in [1.807, 2.05) is 58.0 Å². The van der Waals surface area contributed by atoms with Crippen molar-refractivity contribution in [2.24, 2.45) is 0 Å². The third-order valence-electron chi connectivity index (χ3n) is 5.20. The van der Waals surface area contributed by atoms with E-state index in [9.17, 15) is 4.79 Å². The van der Waals surface area contributed by atoms with E-state index in [0.717, 1.165) is 18.7 Å². The van der Waals surface area contributed by atoms with Crippen LogP contribution in [-0.2, 0) is 17.8 Å². The lowest BCUT2D eigenvalue weighted by Crippen LogP contribution is -2.37. The third-order valence-corrected chi connectivity index (χ3v) is 6.11. The Balaban J connectivity index is 1.36. The summed E-state index contributed by atoms with van der Waals surface area (Å²) in [5.74, 6) is 1.67. The summed E-state index contributed by atoms with van der Waals surface area (Å²) in [4.78, 5) is 14.8. The number of hydrogen-bond acceptors (Lipinski definition) is 5. The van der Waals surface area contributed by atoms with Crippen LogP contribution in [-0.4, -0.2) is 37.9 Å². The maximum absolute atomic E-state index is 12.9. The Hall–Kier alpha value is -3.32. The van der Waals surface area contributed by atoms with Crippen LogP contribution in [0.15, 0.2) is 82.6 Å². The van der Waals surface area contributed by atoms with Gasteiger partial charge in [0.1, 0.15) is 0 Å². The standard InChI is InChI=1S/C23H20N4O2S/c28-21(26-13-12-17-7-4-5-8-18(17)15-26)16-30-23-25-24-22(20-11-6-14-29-20)27(23)19-9-2-1-3-10-19/h1-11,14H,12-13,15-16H2. The molecule has 0 radical (unpaired) electrons. The average Bonchev–Trinajstić information content (AvgIpc) is 3.47. The molecule has 2 aromatic carbocycles. The first kappa shape index (κ1) is 18.7. The summed E-state index contributed by atoms with van der Waals surface area (Å²) in [6.07, 6.45) is 2.51. The van der Waals surface area contributed by atoms with Crippen LogP contribution in [0.4, 0.5) is 0 Å². The average molecular weight is 417 g/mol. The number of rotatable bonds is 5. The molecule has 0 fully saturated rings. The van der Waals surface area contributed by atoms with Gasteiger partial charge in [0.05, 0.1) is 12.0 Å². The van der Waals surface area contributed by atoms with Crippen molar-refractivity contribution in [3.63, 3.8) is 0 Å². The number of nitrogens with zero attached hydrogens (tertiary/aromatic N) is 4. The number of amides is 1. The summed E-state index contributed by atoms with van der Waals surface area (Å²) in [5, 5.41) is 9.34. The minimum atomic E-state index is 0.108. The number of fused-ring (bicyclic) bond motifs is 1. The van der Waals surface area contributed by atoms with Gasteiger partial charge in [-0.2, -0.15) is 0 Å². The number of aromatic nitrogens is 3. The molecule has 1 aliphatic heterocycles. The molecule has 30 heavy (non-hydrogen) atoms. The molecule has 1 aliphatic rings. The first-order chi connectivity index (χ1) is 14.8. The highest BCUT2D eigenvalue weighted by Gasteiger charge is 2.23. The van der Waals surface area contributed by atoms with Crippen molar-refractivity contribution in [1.29, 1.82) is 0 Å². The van der Waals surface area contributed by atoms with Gasteiger partial charge >= 0.3 is 0 Å². The van der Waals surface area contributed by atoms with Gasteiger partial charge in [0.25, 0.3) is 0 Å². The van der Waals surface area contributed by atoms with Gasteiger partial charge in [0.2, 0.25) is 11.7 Å². The van der Waals surface area contributed by atoms with Crippen LogP contribution in [0.2, 0.25) is 0 Å². The van der Waals surface area contributed by atoms with Gasteiger partial charge in [-0.1, -0.05) is 54.2 Å². The number of benzene rings is 2. The highest BCUT2D eigenvalue weighted by Crippen LogP contribution is 2.28. The largest absolute Gasteiger partial charge is 0.461 e. The molecular weight excluding hydrogens is 396 g/mol. The maximum atomic E-state index is 12.9. The molecule has 0 spiro atoms. The monoisotopic (exact) mass is 416 g/mol. The summed E-state index contributed by atoms with van der Waals surface area (Å²) >= 11 is 1.40. The fourth-order valence-electron chi connectivity index (χ4n) is 3.66. The van der Waals surface area contributed by atoms with E-state index in [2.05, 4.69) is 28.4 Å². The lowest BCUT2D eigenvalue weighted by atomic mass is 10.00. The molecule has 0 atom stereocenters. The first-order valence-corrected chi connectivity index (χ1v) is 10.8. The summed E-state index contributed by atoms with van der Waals surface area (Å²) in [6, 6.07) is 21.9. The SMILES string of the molecule is O=C(CSc1nnc(-c2ccco2)n1-c1ccccc1)N1CCc2ccccc2C1. The summed E-state index contributed by atoms with van der Waals surface area (Å²) < 4.78 is 7.47. The fraction of sp³-hybridized carbons (Fsp3) is 0.174. The fourth-order valence-corrected chi connectivity index (χ4v) is 4.52. The molecule has 150 valence electrons. The summed E-state index contributed by atoms with van der Waals surface area (Å²) in [7, 11) is 0. The minimum absolute atomic E-state index is 0.108. The second-order valence-electron chi connectivity index (χ2n) is 7.08. The Kier molecular flexibility index (Phi) is 5.11. The smallest absolute Gasteiger partial charge is 0.233 e. The number of para-hydroxylation sites is 1. The lowest BCUT2D eigenvalue weighted by molar-refractivity contribution is -0.129. The van der Waals surface area contributed by atoms with E-state index in [1.165, 1.54) is 22.9 Å². The number of carbonyl (C=O) groups is 1. The van der Waals surface area contributed by atoms with Gasteiger partial charge in [-0.15, -0.1) is 10.2 Å². The van der Waals surface area contributed by atoms with Crippen LogP contribution in [0.25, 0.3) is 17.3 Å². The van der Waals surface area contributed by atoms with Crippen LogP contribution in [0.1, 0.15) is 11.1 Å². The zero-order chi connectivity index (χ0) is 20.3. The predicted molar refractivity (Wildman–Crippen MR) is 115 cm³/mol. The molecule has 0 saturated heterocycles. The van der Waals surface area contributed by atoms with Crippen molar-refractivity contribution >= 4 is 17.7 Å². The Morgan fingerprint density at radius 2 is 1.77 bits per heavy atom. The summed E-state index contributed by atoms with van der Waals surface area (Å²) in [5.41, 5.74) is 3.49. The third kappa shape index (κ3) is 3.64. The Morgan fingerprint density at radius 1 is 0.967 bits per heavy atom. The summed E-state index contributed by atoms with van der Waals surface area (Å²) in [6.45, 7) is 1.41. The van der Waals surface area contributed by atoms with E-state index in [4.69, 9.17) is 4.42 Å². The van der Waals surface area contributed by atoms with Crippen molar-refractivity contribution in [1.82, 2.24) is 19.7 Å². The highest BCUT2D eigenvalue weighted by atomic mass is 32.2. The predicted octanol–water partition coefficient (Wildman–Crippen LogP) is 4.20. The zero-order valence-corrected chi connectivity index (χ0v) is 17.1. The van der Waals surface area contributed by atoms with Gasteiger partial charge in [0, 0.05) is 18.8 Å². The van der Waals surface area contributed by atoms with Crippen molar-refractivity contribution in [2.75, 3.05) is 12.3 Å². The van der Waals surface area contributed by atoms with Gasteiger partial charge in [-0.3, -0.25) is 9.36 Å². The van der Waals surface area contributed by atoms with Crippen LogP contribution in [0.5, 0.6) is 0 Å². The Bertz CT molecular complexity index is 1160. The zero-order valence-electron chi connectivity index (χ0n) is 16.3. The second kappa shape index (κ2) is 8.20. The molecular formula is C23H20N4O2S. The molecule has 6 nitrogen and oxygen atoms in total. The van der Waals surface area contributed by atoms with Crippen LogP contribution in [0.3, 0.4) is 0 Å². The van der Waals surface area contributed by atoms with Gasteiger partial charge in [-0.25, -0.2) is 0 Å². The van der Waals surface area contributed by atoms with Crippen molar-refractivity contribution in [3.05, 3.63) is 84.1 Å². The quantitative estimate of drug-likeness (QED) is 0.456. The highest BCUT2D eigenvalue weighted by molar-refractivity contribution is 7.99. The Morgan fingerprint density at radius 3 is 2.57 bits per heavy atom. The van der Waals surface area contributed by atoms with E-state index >= 15 is 0 Å². The van der Waals surface area contributed by atoms with Gasteiger partial charge in [0.15, 0.2) is 10.9 Å². The molecule has 4 aromatic rings. The molecule has 1 amide bonds. The number of hydrogen-bond donors (Lipinski definition) is 0. The van der Waals surface area contributed by atoms with Crippen LogP contribution < -0.4 is 0 Å². The van der Waals surface area contributed by atoms with E-state index < -0.39 is 0 Å². The van der Waals surface area contributed by atoms with Crippen molar-refractivity contribution in [2.45, 2.75) is 18.1 Å². The molecule has 0 aliphatic carbocycles.